The number of thiocarbonyl (C=S) groups is 1. The molecule has 140 valence electrons. The van der Waals surface area contributed by atoms with Crippen LogP contribution in [0, 0.1) is 0 Å². The number of esters is 1. The molecule has 0 saturated carbocycles. The van der Waals surface area contributed by atoms with Gasteiger partial charge in [0.25, 0.3) is 5.91 Å². The topological polar surface area (TPSA) is 96.5 Å². The van der Waals surface area contributed by atoms with E-state index in [1.54, 1.807) is 31.2 Å². The van der Waals surface area contributed by atoms with E-state index in [9.17, 15) is 14.4 Å². The van der Waals surface area contributed by atoms with Crippen molar-refractivity contribution in [2.45, 2.75) is 33.2 Å². The van der Waals surface area contributed by atoms with Crippen LogP contribution in [0.2, 0.25) is 0 Å². The highest BCUT2D eigenvalue weighted by atomic mass is 32.1. The zero-order valence-corrected chi connectivity index (χ0v) is 16.0. The summed E-state index contributed by atoms with van der Waals surface area (Å²) in [6, 6.07) is 6.64. The molecule has 26 heavy (non-hydrogen) atoms. The maximum absolute atomic E-state index is 12.1. The molecule has 0 unspecified atom stereocenters. The fraction of sp³-hybridized carbons (Fsp3) is 0.333. The minimum Gasteiger partial charge on any atom is -0.463 e. The Balaban J connectivity index is 2.56. The number of ether oxygens (including phenoxy) is 1. The van der Waals surface area contributed by atoms with E-state index >= 15 is 0 Å². The first-order valence-electron chi connectivity index (χ1n) is 8.00. The number of benzene rings is 1. The molecular formula is C18H23N3O4S. The lowest BCUT2D eigenvalue weighted by Crippen LogP contribution is -2.40. The van der Waals surface area contributed by atoms with Crippen molar-refractivity contribution in [2.75, 3.05) is 11.9 Å². The molecule has 1 aromatic rings. The molecule has 0 heterocycles. The van der Waals surface area contributed by atoms with Gasteiger partial charge < -0.3 is 15.4 Å². The molecule has 7 nitrogen and oxygen atoms in total. The van der Waals surface area contributed by atoms with E-state index in [-0.39, 0.29) is 23.2 Å². The van der Waals surface area contributed by atoms with Crippen molar-refractivity contribution in [1.29, 1.82) is 0 Å². The minimum absolute atomic E-state index is 0.0652. The van der Waals surface area contributed by atoms with Gasteiger partial charge in [-0.2, -0.15) is 0 Å². The summed E-state index contributed by atoms with van der Waals surface area (Å²) < 4.78 is 4.67. The van der Waals surface area contributed by atoms with Gasteiger partial charge in [-0.15, -0.1) is 0 Å². The third-order valence-electron chi connectivity index (χ3n) is 2.79. The van der Waals surface area contributed by atoms with Gasteiger partial charge in [-0.25, -0.2) is 4.79 Å². The quantitative estimate of drug-likeness (QED) is 0.413. The molecule has 0 aliphatic rings. The lowest BCUT2D eigenvalue weighted by atomic mass is 10.1. The number of nitrogens with one attached hydrogen (secondary N) is 3. The van der Waals surface area contributed by atoms with E-state index in [0.29, 0.717) is 11.3 Å². The molecule has 1 aromatic carbocycles. The average Bonchev–Trinajstić information content (AvgIpc) is 2.52. The molecule has 0 aliphatic heterocycles. The Kier molecular flexibility index (Phi) is 7.92. The normalized spacial score (nSPS) is 10.9. The van der Waals surface area contributed by atoms with Gasteiger partial charge >= 0.3 is 5.97 Å². The van der Waals surface area contributed by atoms with Gasteiger partial charge in [-0.1, -0.05) is 0 Å². The summed E-state index contributed by atoms with van der Waals surface area (Å²) in [4.78, 5) is 34.8. The first kappa shape index (κ1) is 21.3. The smallest absolute Gasteiger partial charge is 0.330 e. The maximum Gasteiger partial charge on any atom is 0.330 e. The SMILES string of the molecule is CCOC(=O)/C=C/C(=O)NC(=S)Nc1ccc(C(=O)NC(C)(C)C)cc1. The molecule has 0 aliphatic carbocycles. The van der Waals surface area contributed by atoms with Crippen LogP contribution in [0.3, 0.4) is 0 Å². The summed E-state index contributed by atoms with van der Waals surface area (Å²) in [5, 5.41) is 8.15. The number of carbonyl (C=O) groups is 3. The Labute approximate surface area is 158 Å². The lowest BCUT2D eigenvalue weighted by Gasteiger charge is -2.20. The third kappa shape index (κ3) is 8.39. The molecule has 8 heteroatoms. The molecule has 3 N–H and O–H groups in total. The Morgan fingerprint density at radius 1 is 1.12 bits per heavy atom. The second-order valence-corrected chi connectivity index (χ2v) is 6.72. The van der Waals surface area contributed by atoms with Gasteiger partial charge in [-0.3, -0.25) is 14.9 Å². The summed E-state index contributed by atoms with van der Waals surface area (Å²) in [5.74, 6) is -1.34. The van der Waals surface area contributed by atoms with E-state index in [4.69, 9.17) is 12.2 Å². The fourth-order valence-electron chi connectivity index (χ4n) is 1.77. The van der Waals surface area contributed by atoms with Gasteiger partial charge in [0.1, 0.15) is 0 Å². The van der Waals surface area contributed by atoms with Crippen LogP contribution in [0.15, 0.2) is 36.4 Å². The van der Waals surface area contributed by atoms with Crippen molar-refractivity contribution in [3.8, 4) is 0 Å². The highest BCUT2D eigenvalue weighted by Crippen LogP contribution is 2.11. The predicted molar refractivity (Wildman–Crippen MR) is 104 cm³/mol. The number of anilines is 1. The summed E-state index contributed by atoms with van der Waals surface area (Å²) in [7, 11) is 0. The van der Waals surface area contributed by atoms with Crippen molar-refractivity contribution in [1.82, 2.24) is 10.6 Å². The highest BCUT2D eigenvalue weighted by Gasteiger charge is 2.15. The maximum atomic E-state index is 12.1. The van der Waals surface area contributed by atoms with Crippen molar-refractivity contribution in [3.63, 3.8) is 0 Å². The predicted octanol–water partition coefficient (Wildman–Crippen LogP) is 2.15. The zero-order valence-electron chi connectivity index (χ0n) is 15.2. The highest BCUT2D eigenvalue weighted by molar-refractivity contribution is 7.80. The minimum atomic E-state index is -0.606. The van der Waals surface area contributed by atoms with Crippen LogP contribution in [0.4, 0.5) is 5.69 Å². The van der Waals surface area contributed by atoms with Crippen molar-refractivity contribution < 1.29 is 19.1 Å². The summed E-state index contributed by atoms with van der Waals surface area (Å²) in [6.07, 6.45) is 2.05. The first-order valence-corrected chi connectivity index (χ1v) is 8.41. The number of hydrogen-bond donors (Lipinski definition) is 3. The van der Waals surface area contributed by atoms with Crippen LogP contribution in [-0.4, -0.2) is 35.0 Å². The van der Waals surface area contributed by atoms with Crippen molar-refractivity contribution in [2.24, 2.45) is 0 Å². The average molecular weight is 377 g/mol. The van der Waals surface area contributed by atoms with E-state index in [1.807, 2.05) is 20.8 Å². The van der Waals surface area contributed by atoms with Crippen LogP contribution in [0.25, 0.3) is 0 Å². The third-order valence-corrected chi connectivity index (χ3v) is 2.99. The lowest BCUT2D eigenvalue weighted by molar-refractivity contribution is -0.137. The van der Waals surface area contributed by atoms with Gasteiger partial charge in [-0.05, 0) is 64.2 Å². The second kappa shape index (κ2) is 9.67. The summed E-state index contributed by atoms with van der Waals surface area (Å²) in [5.41, 5.74) is 0.798. The van der Waals surface area contributed by atoms with Crippen molar-refractivity contribution in [3.05, 3.63) is 42.0 Å². The monoisotopic (exact) mass is 377 g/mol. The van der Waals surface area contributed by atoms with E-state index in [1.165, 1.54) is 0 Å². The summed E-state index contributed by atoms with van der Waals surface area (Å²) >= 11 is 5.03. The van der Waals surface area contributed by atoms with Gasteiger partial charge in [0.2, 0.25) is 5.91 Å². The molecule has 2 amide bonds. The number of rotatable bonds is 5. The molecule has 0 spiro atoms. The molecule has 0 atom stereocenters. The molecule has 0 saturated heterocycles. The molecule has 1 rings (SSSR count). The summed E-state index contributed by atoms with van der Waals surface area (Å²) in [6.45, 7) is 7.60. The molecule has 0 fully saturated rings. The largest absolute Gasteiger partial charge is 0.463 e. The Bertz CT molecular complexity index is 706. The van der Waals surface area contributed by atoms with E-state index < -0.39 is 11.9 Å². The first-order chi connectivity index (χ1) is 12.1. The van der Waals surface area contributed by atoms with Crippen LogP contribution in [-0.2, 0) is 14.3 Å². The van der Waals surface area contributed by atoms with Crippen LogP contribution in [0.1, 0.15) is 38.1 Å². The van der Waals surface area contributed by atoms with Crippen LogP contribution < -0.4 is 16.0 Å². The number of carbonyl (C=O) groups excluding carboxylic acids is 3. The van der Waals surface area contributed by atoms with Gasteiger partial charge in [0.05, 0.1) is 6.61 Å². The standard InChI is InChI=1S/C18H23N3O4S/c1-5-25-15(23)11-10-14(22)20-17(26)19-13-8-6-12(7-9-13)16(24)21-18(2,3)4/h6-11H,5H2,1-4H3,(H,21,24)(H2,19,20,22,26)/b11-10+. The van der Waals surface area contributed by atoms with Crippen LogP contribution >= 0.6 is 12.2 Å². The Morgan fingerprint density at radius 3 is 2.27 bits per heavy atom. The molecule has 0 radical (unpaired) electrons. The molecular weight excluding hydrogens is 354 g/mol. The fourth-order valence-corrected chi connectivity index (χ4v) is 1.99. The number of amides is 2. The van der Waals surface area contributed by atoms with Crippen molar-refractivity contribution >= 4 is 40.8 Å². The molecule has 0 bridgehead atoms. The van der Waals surface area contributed by atoms with Crippen LogP contribution in [0.5, 0.6) is 0 Å². The number of hydrogen-bond acceptors (Lipinski definition) is 5. The van der Waals surface area contributed by atoms with Gasteiger partial charge in [0, 0.05) is 28.9 Å². The van der Waals surface area contributed by atoms with E-state index in [0.717, 1.165) is 12.2 Å². The van der Waals surface area contributed by atoms with E-state index in [2.05, 4.69) is 20.7 Å². The second-order valence-electron chi connectivity index (χ2n) is 6.31. The van der Waals surface area contributed by atoms with Gasteiger partial charge in [0.15, 0.2) is 5.11 Å². The Morgan fingerprint density at radius 2 is 1.73 bits per heavy atom. The zero-order chi connectivity index (χ0) is 19.7. The Hall–Kier alpha value is -2.74. The molecule has 0 aromatic heterocycles.